The van der Waals surface area contributed by atoms with E-state index in [1.807, 2.05) is 0 Å². The van der Waals surface area contributed by atoms with Crippen LogP contribution in [0.4, 0.5) is 0 Å². The van der Waals surface area contributed by atoms with Crippen LogP contribution in [0.5, 0.6) is 5.75 Å². The number of aryl methyl sites for hydroxylation is 1. The molecule has 1 aliphatic heterocycles. The van der Waals surface area contributed by atoms with Crippen molar-refractivity contribution in [2.75, 3.05) is 13.1 Å². The summed E-state index contributed by atoms with van der Waals surface area (Å²) in [6, 6.07) is 13.4. The van der Waals surface area contributed by atoms with Crippen LogP contribution in [0.1, 0.15) is 46.9 Å². The fraction of sp³-hybridized carbons (Fsp3) is 0.348. The summed E-state index contributed by atoms with van der Waals surface area (Å²) in [5.74, 6) is 1.27. The molecule has 1 aliphatic rings. The summed E-state index contributed by atoms with van der Waals surface area (Å²) in [5, 5.41) is 6.61. The highest BCUT2D eigenvalue weighted by molar-refractivity contribution is 7.89. The van der Waals surface area contributed by atoms with Gasteiger partial charge in [-0.15, -0.1) is 0 Å². The van der Waals surface area contributed by atoms with E-state index in [4.69, 9.17) is 9.26 Å². The number of hydrogen-bond acceptors (Lipinski definition) is 7. The van der Waals surface area contributed by atoms with Crippen LogP contribution in [-0.4, -0.2) is 41.9 Å². The highest BCUT2D eigenvalue weighted by Gasteiger charge is 2.25. The number of ether oxygens (including phenoxy) is 1. The summed E-state index contributed by atoms with van der Waals surface area (Å²) in [6.45, 7) is 3.31. The van der Waals surface area contributed by atoms with E-state index in [0.717, 1.165) is 24.8 Å². The Labute approximate surface area is 192 Å². The normalized spacial score (nSPS) is 14.7. The molecule has 9 nitrogen and oxygen atoms in total. The van der Waals surface area contributed by atoms with E-state index >= 15 is 0 Å². The maximum Gasteiger partial charge on any atom is 0.251 e. The van der Waals surface area contributed by atoms with Gasteiger partial charge in [0.25, 0.3) is 5.91 Å². The van der Waals surface area contributed by atoms with Crippen LogP contribution in [0.15, 0.2) is 57.9 Å². The van der Waals surface area contributed by atoms with Crippen LogP contribution in [-0.2, 0) is 23.2 Å². The molecule has 1 N–H and O–H groups in total. The molecule has 174 valence electrons. The molecule has 0 atom stereocenters. The molecule has 2 heterocycles. The van der Waals surface area contributed by atoms with Crippen LogP contribution < -0.4 is 10.1 Å². The molecule has 4 rings (SSSR count). The zero-order valence-corrected chi connectivity index (χ0v) is 19.2. The molecule has 0 spiro atoms. The molecular formula is C23H26N4O5S. The van der Waals surface area contributed by atoms with Gasteiger partial charge in [0.1, 0.15) is 5.75 Å². The molecule has 1 saturated heterocycles. The summed E-state index contributed by atoms with van der Waals surface area (Å²) in [6.07, 6.45) is 2.87. The lowest BCUT2D eigenvalue weighted by Crippen LogP contribution is -2.35. The maximum absolute atomic E-state index is 12.7. The van der Waals surface area contributed by atoms with Gasteiger partial charge in [-0.3, -0.25) is 4.79 Å². The minimum absolute atomic E-state index is 0.173. The van der Waals surface area contributed by atoms with Gasteiger partial charge in [0, 0.05) is 32.1 Å². The van der Waals surface area contributed by atoms with Crippen LogP contribution in [0.2, 0.25) is 0 Å². The van der Waals surface area contributed by atoms with Crippen molar-refractivity contribution in [2.45, 2.75) is 44.2 Å². The summed E-state index contributed by atoms with van der Waals surface area (Å²) >= 11 is 0. The number of carbonyl (C=O) groups is 1. The smallest absolute Gasteiger partial charge is 0.251 e. The number of piperidine rings is 1. The standard InChI is InChI=1S/C23H26N4O5S/c1-17-25-22(26-32-17)16-31-20-9-7-19(8-10-20)23(28)24-15-18-5-11-21(12-6-18)33(29,30)27-13-3-2-4-14-27/h5-12H,2-4,13-16H2,1H3,(H,24,28). The van der Waals surface area contributed by atoms with Crippen molar-refractivity contribution in [1.82, 2.24) is 19.8 Å². The topological polar surface area (TPSA) is 115 Å². The fourth-order valence-electron chi connectivity index (χ4n) is 3.57. The average molecular weight is 471 g/mol. The number of hydrogen-bond donors (Lipinski definition) is 1. The second-order valence-electron chi connectivity index (χ2n) is 7.83. The predicted molar refractivity (Wildman–Crippen MR) is 120 cm³/mol. The number of sulfonamides is 1. The second kappa shape index (κ2) is 10.1. The molecule has 33 heavy (non-hydrogen) atoms. The van der Waals surface area contributed by atoms with Gasteiger partial charge in [0.05, 0.1) is 4.90 Å². The van der Waals surface area contributed by atoms with Gasteiger partial charge in [0.2, 0.25) is 21.7 Å². The molecule has 1 amide bonds. The molecule has 1 aromatic heterocycles. The summed E-state index contributed by atoms with van der Waals surface area (Å²) < 4.78 is 37.5. The third kappa shape index (κ3) is 5.77. The van der Waals surface area contributed by atoms with Gasteiger partial charge in [-0.05, 0) is 54.8 Å². The van der Waals surface area contributed by atoms with Crippen LogP contribution in [0.25, 0.3) is 0 Å². The minimum Gasteiger partial charge on any atom is -0.485 e. The lowest BCUT2D eigenvalue weighted by Gasteiger charge is -2.25. The fourth-order valence-corrected chi connectivity index (χ4v) is 5.09. The van der Waals surface area contributed by atoms with E-state index in [2.05, 4.69) is 15.5 Å². The Bertz CT molecular complexity index is 1180. The summed E-state index contributed by atoms with van der Waals surface area (Å²) in [7, 11) is -3.46. The molecule has 0 unspecified atom stereocenters. The van der Waals surface area contributed by atoms with Crippen LogP contribution in [0.3, 0.4) is 0 Å². The number of benzene rings is 2. The Kier molecular flexibility index (Phi) is 7.05. The molecular weight excluding hydrogens is 444 g/mol. The Morgan fingerprint density at radius 2 is 1.76 bits per heavy atom. The number of carbonyl (C=O) groups excluding carboxylic acids is 1. The number of nitrogens with zero attached hydrogens (tertiary/aromatic N) is 3. The van der Waals surface area contributed by atoms with E-state index in [-0.39, 0.29) is 24.0 Å². The zero-order valence-electron chi connectivity index (χ0n) is 18.4. The highest BCUT2D eigenvalue weighted by Crippen LogP contribution is 2.21. The molecule has 0 saturated carbocycles. The Hall–Kier alpha value is -3.24. The molecule has 0 bridgehead atoms. The first-order chi connectivity index (χ1) is 15.9. The molecule has 1 fully saturated rings. The quantitative estimate of drug-likeness (QED) is 0.538. The lowest BCUT2D eigenvalue weighted by molar-refractivity contribution is 0.0951. The molecule has 10 heteroatoms. The first kappa shape index (κ1) is 22.9. The van der Waals surface area contributed by atoms with Gasteiger partial charge < -0.3 is 14.6 Å². The van der Waals surface area contributed by atoms with Gasteiger partial charge in [-0.25, -0.2) is 8.42 Å². The number of rotatable bonds is 8. The average Bonchev–Trinajstić information content (AvgIpc) is 3.27. The summed E-state index contributed by atoms with van der Waals surface area (Å²) in [4.78, 5) is 16.8. The van der Waals surface area contributed by atoms with Crippen LogP contribution in [0, 0.1) is 6.92 Å². The SMILES string of the molecule is Cc1nc(COc2ccc(C(=O)NCc3ccc(S(=O)(=O)N4CCCCC4)cc3)cc2)no1. The van der Waals surface area contributed by atoms with E-state index in [9.17, 15) is 13.2 Å². The zero-order chi connectivity index (χ0) is 23.3. The number of aromatic nitrogens is 2. The van der Waals surface area contributed by atoms with Gasteiger partial charge >= 0.3 is 0 Å². The van der Waals surface area contributed by atoms with Crippen molar-refractivity contribution in [3.8, 4) is 5.75 Å². The molecule has 0 radical (unpaired) electrons. The highest BCUT2D eigenvalue weighted by atomic mass is 32.2. The Balaban J connectivity index is 1.29. The largest absolute Gasteiger partial charge is 0.485 e. The molecule has 2 aromatic carbocycles. The van der Waals surface area contributed by atoms with E-state index in [1.54, 1.807) is 59.8 Å². The third-order valence-corrected chi connectivity index (χ3v) is 7.30. The van der Waals surface area contributed by atoms with Crippen molar-refractivity contribution >= 4 is 15.9 Å². The van der Waals surface area contributed by atoms with E-state index < -0.39 is 10.0 Å². The second-order valence-corrected chi connectivity index (χ2v) is 9.77. The third-order valence-electron chi connectivity index (χ3n) is 5.38. The first-order valence-corrected chi connectivity index (χ1v) is 12.3. The van der Waals surface area contributed by atoms with Crippen molar-refractivity contribution < 1.29 is 22.5 Å². The Morgan fingerprint density at radius 3 is 2.39 bits per heavy atom. The monoisotopic (exact) mass is 470 g/mol. The molecule has 0 aliphatic carbocycles. The lowest BCUT2D eigenvalue weighted by atomic mass is 10.2. The first-order valence-electron chi connectivity index (χ1n) is 10.8. The van der Waals surface area contributed by atoms with E-state index in [0.29, 0.717) is 36.1 Å². The van der Waals surface area contributed by atoms with Gasteiger partial charge in [-0.2, -0.15) is 9.29 Å². The predicted octanol–water partition coefficient (Wildman–Crippen LogP) is 3.06. The van der Waals surface area contributed by atoms with Crippen molar-refractivity contribution in [2.24, 2.45) is 0 Å². The van der Waals surface area contributed by atoms with Gasteiger partial charge in [0.15, 0.2) is 6.61 Å². The minimum atomic E-state index is -3.46. The Morgan fingerprint density at radius 1 is 1.06 bits per heavy atom. The maximum atomic E-state index is 12.7. The van der Waals surface area contributed by atoms with Crippen LogP contribution >= 0.6 is 0 Å². The van der Waals surface area contributed by atoms with Crippen molar-refractivity contribution in [1.29, 1.82) is 0 Å². The number of nitrogens with one attached hydrogen (secondary N) is 1. The van der Waals surface area contributed by atoms with Gasteiger partial charge in [-0.1, -0.05) is 23.7 Å². The van der Waals surface area contributed by atoms with Crippen molar-refractivity contribution in [3.63, 3.8) is 0 Å². The number of amides is 1. The van der Waals surface area contributed by atoms with E-state index in [1.165, 1.54) is 0 Å². The molecule has 3 aromatic rings. The van der Waals surface area contributed by atoms with Crippen molar-refractivity contribution in [3.05, 3.63) is 71.4 Å². The summed E-state index contributed by atoms with van der Waals surface area (Å²) in [5.41, 5.74) is 1.30.